The highest BCUT2D eigenvalue weighted by Gasteiger charge is 2.13. The van der Waals surface area contributed by atoms with Crippen molar-refractivity contribution in [3.63, 3.8) is 0 Å². The van der Waals surface area contributed by atoms with Crippen molar-refractivity contribution in [3.05, 3.63) is 87.2 Å². The fraction of sp³-hybridized carbons (Fsp3) is 0.0435. The standard InChI is InChI=1S/C23H15N3O3S2/c27-20(11-10-19-24-16-8-4-5-9-17(16)31-19)29-12-18-25-22(28)21-15(13-30-23(21)26-18)14-6-2-1-3-7-14/h1-11,13H,12H2,(H,25,26,28). The Morgan fingerprint density at radius 3 is 2.71 bits per heavy atom. The summed E-state index contributed by atoms with van der Waals surface area (Å²) in [7, 11) is 0. The smallest absolute Gasteiger partial charge is 0.331 e. The number of carbonyl (C=O) groups excluding carboxylic acids is 1. The number of nitrogens with zero attached hydrogens (tertiary/aromatic N) is 2. The lowest BCUT2D eigenvalue weighted by Gasteiger charge is -2.03. The molecule has 0 bridgehead atoms. The number of nitrogens with one attached hydrogen (secondary N) is 1. The molecule has 5 rings (SSSR count). The van der Waals surface area contributed by atoms with Crippen molar-refractivity contribution in [1.29, 1.82) is 0 Å². The number of hydrogen-bond acceptors (Lipinski definition) is 7. The van der Waals surface area contributed by atoms with Gasteiger partial charge in [0, 0.05) is 17.0 Å². The van der Waals surface area contributed by atoms with Gasteiger partial charge in [-0.3, -0.25) is 4.79 Å². The van der Waals surface area contributed by atoms with Gasteiger partial charge in [-0.2, -0.15) is 0 Å². The summed E-state index contributed by atoms with van der Waals surface area (Å²) in [4.78, 5) is 37.0. The normalized spacial score (nSPS) is 11.5. The first-order chi connectivity index (χ1) is 15.2. The number of thiophene rings is 1. The van der Waals surface area contributed by atoms with E-state index in [1.54, 1.807) is 6.08 Å². The van der Waals surface area contributed by atoms with Gasteiger partial charge in [-0.1, -0.05) is 42.5 Å². The van der Waals surface area contributed by atoms with Crippen LogP contribution < -0.4 is 5.56 Å². The van der Waals surface area contributed by atoms with E-state index in [0.717, 1.165) is 26.4 Å². The highest BCUT2D eigenvalue weighted by atomic mass is 32.1. The van der Waals surface area contributed by atoms with Gasteiger partial charge in [-0.15, -0.1) is 22.7 Å². The average molecular weight is 446 g/mol. The fourth-order valence-electron chi connectivity index (χ4n) is 3.18. The number of thiazole rings is 1. The van der Waals surface area contributed by atoms with Crippen LogP contribution in [-0.2, 0) is 16.1 Å². The van der Waals surface area contributed by atoms with E-state index in [0.29, 0.717) is 16.0 Å². The summed E-state index contributed by atoms with van der Waals surface area (Å²) in [6.07, 6.45) is 2.95. The molecular formula is C23H15N3O3S2. The summed E-state index contributed by atoms with van der Waals surface area (Å²) in [5.41, 5.74) is 2.44. The number of fused-ring (bicyclic) bond motifs is 2. The zero-order valence-corrected chi connectivity index (χ0v) is 17.7. The molecular weight excluding hydrogens is 430 g/mol. The highest BCUT2D eigenvalue weighted by molar-refractivity contribution is 7.19. The minimum absolute atomic E-state index is 0.118. The molecule has 0 aliphatic rings. The number of rotatable bonds is 5. The van der Waals surface area contributed by atoms with Crippen LogP contribution in [-0.4, -0.2) is 20.9 Å². The van der Waals surface area contributed by atoms with Gasteiger partial charge in [0.1, 0.15) is 22.3 Å². The van der Waals surface area contributed by atoms with E-state index in [4.69, 9.17) is 4.74 Å². The molecule has 1 N–H and O–H groups in total. The van der Waals surface area contributed by atoms with Crippen molar-refractivity contribution in [2.75, 3.05) is 0 Å². The molecule has 0 spiro atoms. The third-order valence-corrected chi connectivity index (χ3v) is 6.48. The molecule has 0 unspecified atom stereocenters. The quantitative estimate of drug-likeness (QED) is 0.303. The lowest BCUT2D eigenvalue weighted by molar-refractivity contribution is -0.139. The second kappa shape index (κ2) is 8.25. The molecule has 8 heteroatoms. The van der Waals surface area contributed by atoms with Crippen LogP contribution in [0.25, 0.3) is 37.6 Å². The third kappa shape index (κ3) is 4.03. The summed E-state index contributed by atoms with van der Waals surface area (Å²) >= 11 is 2.88. The highest BCUT2D eigenvalue weighted by Crippen LogP contribution is 2.30. The maximum atomic E-state index is 12.6. The van der Waals surface area contributed by atoms with Crippen LogP contribution in [0.3, 0.4) is 0 Å². The van der Waals surface area contributed by atoms with Gasteiger partial charge in [0.15, 0.2) is 0 Å². The molecule has 2 aromatic carbocycles. The van der Waals surface area contributed by atoms with Gasteiger partial charge in [0.05, 0.1) is 15.6 Å². The topological polar surface area (TPSA) is 84.9 Å². The zero-order valence-electron chi connectivity index (χ0n) is 16.1. The Balaban J connectivity index is 1.30. The monoisotopic (exact) mass is 445 g/mol. The van der Waals surface area contributed by atoms with Gasteiger partial charge in [-0.05, 0) is 23.8 Å². The maximum absolute atomic E-state index is 12.6. The Morgan fingerprint density at radius 1 is 1.06 bits per heavy atom. The lowest BCUT2D eigenvalue weighted by Crippen LogP contribution is -2.13. The molecule has 0 amide bonds. The van der Waals surface area contributed by atoms with Crippen molar-refractivity contribution in [3.8, 4) is 11.1 Å². The number of aromatic nitrogens is 3. The van der Waals surface area contributed by atoms with Crippen LogP contribution in [0, 0.1) is 0 Å². The Kier molecular flexibility index (Phi) is 5.15. The molecule has 0 aliphatic carbocycles. The number of aromatic amines is 1. The minimum atomic E-state index is -0.529. The van der Waals surface area contributed by atoms with E-state index in [2.05, 4.69) is 15.0 Å². The molecule has 0 radical (unpaired) electrons. The van der Waals surface area contributed by atoms with Gasteiger partial charge in [0.25, 0.3) is 5.56 Å². The number of carbonyl (C=O) groups is 1. The molecule has 0 saturated carbocycles. The van der Waals surface area contributed by atoms with Crippen molar-refractivity contribution < 1.29 is 9.53 Å². The predicted molar refractivity (Wildman–Crippen MR) is 124 cm³/mol. The van der Waals surface area contributed by atoms with Gasteiger partial charge < -0.3 is 9.72 Å². The van der Waals surface area contributed by atoms with Crippen LogP contribution in [0.4, 0.5) is 0 Å². The third-order valence-electron chi connectivity index (χ3n) is 4.60. The Labute approximate surface area is 184 Å². The number of esters is 1. The molecule has 5 aromatic rings. The van der Waals surface area contributed by atoms with E-state index in [1.165, 1.54) is 28.7 Å². The van der Waals surface area contributed by atoms with Gasteiger partial charge >= 0.3 is 5.97 Å². The van der Waals surface area contributed by atoms with Crippen molar-refractivity contribution in [2.24, 2.45) is 0 Å². The van der Waals surface area contributed by atoms with E-state index in [-0.39, 0.29) is 12.2 Å². The summed E-state index contributed by atoms with van der Waals surface area (Å²) in [5.74, 6) is -0.223. The first-order valence-corrected chi connectivity index (χ1v) is 11.1. The van der Waals surface area contributed by atoms with Crippen molar-refractivity contribution in [2.45, 2.75) is 6.61 Å². The molecule has 6 nitrogen and oxygen atoms in total. The van der Waals surface area contributed by atoms with Crippen LogP contribution >= 0.6 is 22.7 Å². The van der Waals surface area contributed by atoms with Gasteiger partial charge in [-0.25, -0.2) is 14.8 Å². The number of hydrogen-bond donors (Lipinski definition) is 1. The lowest BCUT2D eigenvalue weighted by atomic mass is 10.1. The van der Waals surface area contributed by atoms with Crippen LogP contribution in [0.2, 0.25) is 0 Å². The Morgan fingerprint density at radius 2 is 1.87 bits per heavy atom. The van der Waals surface area contributed by atoms with Crippen molar-refractivity contribution in [1.82, 2.24) is 15.0 Å². The molecule has 0 atom stereocenters. The Bertz CT molecular complexity index is 1450. The molecule has 0 aliphatic heterocycles. The van der Waals surface area contributed by atoms with E-state index < -0.39 is 5.97 Å². The molecule has 0 fully saturated rings. The van der Waals surface area contributed by atoms with Crippen LogP contribution in [0.1, 0.15) is 10.8 Å². The molecule has 3 aromatic heterocycles. The summed E-state index contributed by atoms with van der Waals surface area (Å²) in [6, 6.07) is 17.5. The molecule has 152 valence electrons. The van der Waals surface area contributed by atoms with Crippen LogP contribution in [0.15, 0.2) is 70.8 Å². The Hall–Kier alpha value is -3.62. The number of ether oxygens (including phenoxy) is 1. The number of H-pyrrole nitrogens is 1. The van der Waals surface area contributed by atoms with Crippen molar-refractivity contribution >= 4 is 55.2 Å². The number of benzene rings is 2. The van der Waals surface area contributed by atoms with E-state index in [9.17, 15) is 9.59 Å². The molecule has 31 heavy (non-hydrogen) atoms. The SMILES string of the molecule is O=C(C=Cc1nc2ccccc2s1)OCc1nc2scc(-c3ccccc3)c2c(=O)[nH]1. The van der Waals surface area contributed by atoms with E-state index in [1.807, 2.05) is 60.0 Å². The first-order valence-electron chi connectivity index (χ1n) is 9.43. The fourth-order valence-corrected chi connectivity index (χ4v) is 5.02. The first kappa shape index (κ1) is 19.3. The average Bonchev–Trinajstić information content (AvgIpc) is 3.41. The second-order valence-corrected chi connectivity index (χ2v) is 8.59. The largest absolute Gasteiger partial charge is 0.454 e. The van der Waals surface area contributed by atoms with Crippen LogP contribution in [0.5, 0.6) is 0 Å². The minimum Gasteiger partial charge on any atom is -0.454 e. The maximum Gasteiger partial charge on any atom is 0.331 e. The zero-order chi connectivity index (χ0) is 21.2. The summed E-state index contributed by atoms with van der Waals surface area (Å²) in [5, 5.41) is 3.18. The second-order valence-electron chi connectivity index (χ2n) is 6.67. The summed E-state index contributed by atoms with van der Waals surface area (Å²) in [6.45, 7) is -0.118. The van der Waals surface area contributed by atoms with Gasteiger partial charge in [0.2, 0.25) is 0 Å². The van der Waals surface area contributed by atoms with E-state index >= 15 is 0 Å². The number of para-hydroxylation sites is 1. The predicted octanol–water partition coefficient (Wildman–Crippen LogP) is 5.02. The molecule has 3 heterocycles. The summed E-state index contributed by atoms with van der Waals surface area (Å²) < 4.78 is 6.29. The molecule has 0 saturated heterocycles.